The minimum Gasteiger partial charge on any atom is -0.489 e. The number of carbonyl (C=O) groups is 1. The van der Waals surface area contributed by atoms with E-state index in [9.17, 15) is 9.90 Å². The number of cyclic esters (lactones) is 1. The van der Waals surface area contributed by atoms with Gasteiger partial charge < -0.3 is 14.6 Å². The molecular weight excluding hydrogens is 436 g/mol. The maximum Gasteiger partial charge on any atom is 0.306 e. The summed E-state index contributed by atoms with van der Waals surface area (Å²) in [6, 6.07) is 6.54. The van der Waals surface area contributed by atoms with Crippen molar-refractivity contribution < 1.29 is 19.4 Å². The molecule has 190 valence electrons. The van der Waals surface area contributed by atoms with E-state index in [-0.39, 0.29) is 22.9 Å². The Balaban J connectivity index is 1.81. The van der Waals surface area contributed by atoms with Crippen LogP contribution >= 0.6 is 0 Å². The number of aliphatic hydroxyl groups is 1. The van der Waals surface area contributed by atoms with Gasteiger partial charge in [0.1, 0.15) is 24.1 Å². The highest BCUT2D eigenvalue weighted by molar-refractivity contribution is 5.71. The Morgan fingerprint density at radius 3 is 2.40 bits per heavy atom. The fourth-order valence-corrected chi connectivity index (χ4v) is 5.58. The zero-order valence-corrected chi connectivity index (χ0v) is 22.4. The Morgan fingerprint density at radius 2 is 1.89 bits per heavy atom. The molecule has 35 heavy (non-hydrogen) atoms. The number of ether oxygens (including phenoxy) is 2. The zero-order valence-electron chi connectivity index (χ0n) is 22.4. The minimum atomic E-state index is -0.910. The molecule has 1 aromatic rings. The number of benzene rings is 1. The Hall–Kier alpha value is -2.51. The smallest absolute Gasteiger partial charge is 0.306 e. The van der Waals surface area contributed by atoms with Crippen molar-refractivity contribution in [2.24, 2.45) is 5.41 Å². The van der Waals surface area contributed by atoms with Crippen LogP contribution < -0.4 is 4.74 Å². The van der Waals surface area contributed by atoms with Crippen LogP contribution in [0.3, 0.4) is 0 Å². The number of hydrogen-bond acceptors (Lipinski definition) is 4. The molecule has 1 aliphatic carbocycles. The molecule has 1 aromatic carbocycles. The fraction of sp³-hybridized carbons (Fsp3) is 0.581. The van der Waals surface area contributed by atoms with Crippen LogP contribution in [0.15, 0.2) is 42.0 Å². The number of esters is 1. The predicted molar refractivity (Wildman–Crippen MR) is 141 cm³/mol. The highest BCUT2D eigenvalue weighted by Gasteiger charge is 2.45. The number of aryl methyl sites for hydroxylation is 1. The van der Waals surface area contributed by atoms with Gasteiger partial charge in [0.05, 0.1) is 0 Å². The lowest BCUT2D eigenvalue weighted by molar-refractivity contribution is -0.142. The minimum absolute atomic E-state index is 0.0309. The van der Waals surface area contributed by atoms with E-state index >= 15 is 0 Å². The van der Waals surface area contributed by atoms with E-state index in [0.717, 1.165) is 42.6 Å². The van der Waals surface area contributed by atoms with E-state index in [1.807, 2.05) is 13.8 Å². The maximum atomic E-state index is 11.4. The van der Waals surface area contributed by atoms with Crippen LogP contribution in [0.4, 0.5) is 0 Å². The number of hydrogen-bond donors (Lipinski definition) is 1. The second-order valence-corrected chi connectivity index (χ2v) is 10.3. The van der Waals surface area contributed by atoms with E-state index in [0.29, 0.717) is 25.9 Å². The normalized spacial score (nSPS) is 22.3. The summed E-state index contributed by atoms with van der Waals surface area (Å²) in [4.78, 5) is 11.4. The Kier molecular flexibility index (Phi) is 8.54. The molecule has 1 unspecified atom stereocenters. The summed E-state index contributed by atoms with van der Waals surface area (Å²) in [6.45, 7) is 13.3. The van der Waals surface area contributed by atoms with Crippen LogP contribution in [0.1, 0.15) is 90.7 Å². The summed E-state index contributed by atoms with van der Waals surface area (Å²) < 4.78 is 11.3. The molecule has 4 heteroatoms. The van der Waals surface area contributed by atoms with Crippen molar-refractivity contribution in [1.82, 2.24) is 0 Å². The van der Waals surface area contributed by atoms with E-state index in [1.54, 1.807) is 0 Å². The third-order valence-corrected chi connectivity index (χ3v) is 8.41. The predicted octanol–water partition coefficient (Wildman–Crippen LogP) is 6.58. The standard InChI is InChI=1S/C31H42O4/c1-7-30(33,8-2)20-17-24-15-18-29(6,19-16-24)31(9-3,10-4)25-11-13-27(23(5)21-25)34-22-26-12-14-28(32)35-26/h11,13,15-16,18,21,26,33H,7-10,12,14,19,22H2,1-6H3/t26-,29?/m1/s1. The molecule has 2 aliphatic rings. The Bertz CT molecular complexity index is 1030. The molecule has 4 nitrogen and oxygen atoms in total. The molecule has 0 aromatic heterocycles. The third kappa shape index (κ3) is 5.67. The topological polar surface area (TPSA) is 55.8 Å². The van der Waals surface area contributed by atoms with E-state index in [2.05, 4.69) is 76.0 Å². The first-order valence-electron chi connectivity index (χ1n) is 13.2. The van der Waals surface area contributed by atoms with Crippen LogP contribution in [0.25, 0.3) is 0 Å². The highest BCUT2D eigenvalue weighted by Crippen LogP contribution is 2.52. The molecule has 1 heterocycles. The highest BCUT2D eigenvalue weighted by atomic mass is 16.6. The van der Waals surface area contributed by atoms with Gasteiger partial charge in [-0.1, -0.05) is 76.8 Å². The summed E-state index contributed by atoms with van der Waals surface area (Å²) in [5, 5.41) is 10.5. The van der Waals surface area contributed by atoms with Crippen LogP contribution in [0, 0.1) is 24.2 Å². The van der Waals surface area contributed by atoms with Gasteiger partial charge in [-0.2, -0.15) is 0 Å². The van der Waals surface area contributed by atoms with Gasteiger partial charge in [-0.15, -0.1) is 0 Å². The van der Waals surface area contributed by atoms with Crippen LogP contribution in [0.5, 0.6) is 5.75 Å². The van der Waals surface area contributed by atoms with E-state index < -0.39 is 5.60 Å². The lowest BCUT2D eigenvalue weighted by Crippen LogP contribution is -2.42. The zero-order chi connectivity index (χ0) is 25.7. The van der Waals surface area contributed by atoms with E-state index in [1.165, 1.54) is 5.56 Å². The van der Waals surface area contributed by atoms with Crippen LogP contribution in [-0.4, -0.2) is 29.4 Å². The first kappa shape index (κ1) is 27.1. The van der Waals surface area contributed by atoms with E-state index in [4.69, 9.17) is 9.47 Å². The summed E-state index contributed by atoms with van der Waals surface area (Å²) in [6.07, 6.45) is 11.9. The second kappa shape index (κ2) is 11.0. The quantitative estimate of drug-likeness (QED) is 0.322. The molecule has 1 N–H and O–H groups in total. The van der Waals surface area contributed by atoms with Gasteiger partial charge in [-0.05, 0) is 68.1 Å². The lowest BCUT2D eigenvalue weighted by atomic mass is 9.55. The maximum absolute atomic E-state index is 11.4. The fourth-order valence-electron chi connectivity index (χ4n) is 5.58. The van der Waals surface area contributed by atoms with Gasteiger partial charge in [-0.3, -0.25) is 4.79 Å². The number of allylic oxidation sites excluding steroid dienone is 4. The van der Waals surface area contributed by atoms with Gasteiger partial charge >= 0.3 is 5.97 Å². The summed E-state index contributed by atoms with van der Waals surface area (Å²) in [7, 11) is 0. The molecule has 3 rings (SSSR count). The van der Waals surface area contributed by atoms with Crippen molar-refractivity contribution in [1.29, 1.82) is 0 Å². The molecule has 2 atom stereocenters. The molecule has 0 amide bonds. The second-order valence-electron chi connectivity index (χ2n) is 10.3. The van der Waals surface area contributed by atoms with Crippen molar-refractivity contribution in [3.05, 3.63) is 53.1 Å². The number of rotatable bonds is 9. The molecule has 0 radical (unpaired) electrons. The molecule has 1 aliphatic heterocycles. The van der Waals surface area contributed by atoms with Gasteiger partial charge in [0, 0.05) is 17.4 Å². The molecule has 0 bridgehead atoms. The van der Waals surface area contributed by atoms with Crippen LogP contribution in [0.2, 0.25) is 0 Å². The van der Waals surface area contributed by atoms with Crippen molar-refractivity contribution in [2.45, 2.75) is 104 Å². The average Bonchev–Trinajstić information content (AvgIpc) is 3.29. The van der Waals surface area contributed by atoms with Crippen molar-refractivity contribution in [3.8, 4) is 17.6 Å². The van der Waals surface area contributed by atoms with Gasteiger partial charge in [0.2, 0.25) is 0 Å². The summed E-state index contributed by atoms with van der Waals surface area (Å²) >= 11 is 0. The number of carbonyl (C=O) groups excluding carboxylic acids is 1. The monoisotopic (exact) mass is 478 g/mol. The first-order chi connectivity index (χ1) is 16.6. The van der Waals surface area contributed by atoms with Crippen molar-refractivity contribution in [2.75, 3.05) is 6.61 Å². The Labute approximate surface area is 211 Å². The summed E-state index contributed by atoms with van der Waals surface area (Å²) in [5.74, 6) is 7.01. The third-order valence-electron chi connectivity index (χ3n) is 8.41. The molecule has 1 fully saturated rings. The average molecular weight is 479 g/mol. The van der Waals surface area contributed by atoms with Gasteiger partial charge in [0.25, 0.3) is 0 Å². The van der Waals surface area contributed by atoms with Gasteiger partial charge in [0.15, 0.2) is 0 Å². The van der Waals surface area contributed by atoms with Crippen molar-refractivity contribution in [3.63, 3.8) is 0 Å². The SMILES string of the molecule is CCC(O)(C#CC1=CCC(C)(C(CC)(CC)c2ccc(OC[C@H]3CCC(=O)O3)c(C)c2)C=C1)CC. The van der Waals surface area contributed by atoms with Crippen LogP contribution in [-0.2, 0) is 14.9 Å². The summed E-state index contributed by atoms with van der Waals surface area (Å²) in [5.41, 5.74) is 2.41. The molecular formula is C31H42O4. The molecule has 1 saturated heterocycles. The van der Waals surface area contributed by atoms with Crippen molar-refractivity contribution >= 4 is 5.97 Å². The molecule has 0 saturated carbocycles. The first-order valence-corrected chi connectivity index (χ1v) is 13.2. The van der Waals surface area contributed by atoms with Gasteiger partial charge in [-0.25, -0.2) is 0 Å². The largest absolute Gasteiger partial charge is 0.489 e. The lowest BCUT2D eigenvalue weighted by Gasteiger charge is -2.48. The molecule has 0 spiro atoms. The Morgan fingerprint density at radius 1 is 1.17 bits per heavy atom.